The predicted octanol–water partition coefficient (Wildman–Crippen LogP) is 5.28. The van der Waals surface area contributed by atoms with Crippen LogP contribution >= 0.6 is 38.9 Å². The van der Waals surface area contributed by atoms with Crippen LogP contribution in [-0.4, -0.2) is 24.8 Å². The molecule has 8 nitrogen and oxygen atoms in total. The molecule has 0 radical (unpaired) electrons. The van der Waals surface area contributed by atoms with E-state index in [1.54, 1.807) is 49.4 Å². The molecule has 1 aromatic heterocycles. The molecule has 5 rings (SSSR count). The van der Waals surface area contributed by atoms with E-state index in [1.165, 1.54) is 30.1 Å². The van der Waals surface area contributed by atoms with Crippen molar-refractivity contribution in [1.29, 1.82) is 5.26 Å². The van der Waals surface area contributed by atoms with E-state index in [-0.39, 0.29) is 17.7 Å². The molecule has 0 saturated carbocycles. The van der Waals surface area contributed by atoms with Crippen molar-refractivity contribution in [2.24, 2.45) is 4.99 Å². The topological polar surface area (TPSA) is 103 Å². The minimum atomic E-state index is -0.884. The Morgan fingerprint density at radius 2 is 1.93 bits per heavy atom. The third-order valence-corrected chi connectivity index (χ3v) is 8.40. The second-order valence-corrected chi connectivity index (χ2v) is 11.6. The molecule has 0 spiro atoms. The van der Waals surface area contributed by atoms with Gasteiger partial charge in [-0.2, -0.15) is 5.26 Å². The lowest BCUT2D eigenvalue weighted by Crippen LogP contribution is -2.40. The number of rotatable bonds is 7. The highest BCUT2D eigenvalue weighted by atomic mass is 79.9. The van der Waals surface area contributed by atoms with Crippen molar-refractivity contribution in [3.63, 3.8) is 0 Å². The Hall–Kier alpha value is -4.17. The lowest BCUT2D eigenvalue weighted by Gasteiger charge is -2.25. The molecule has 0 fully saturated rings. The van der Waals surface area contributed by atoms with Crippen molar-refractivity contribution < 1.29 is 19.0 Å². The Labute approximate surface area is 258 Å². The summed E-state index contributed by atoms with van der Waals surface area (Å²) in [4.78, 5) is 32.1. The van der Waals surface area contributed by atoms with Crippen LogP contribution in [0.5, 0.6) is 11.5 Å². The van der Waals surface area contributed by atoms with Crippen LogP contribution in [0.3, 0.4) is 0 Å². The zero-order valence-corrected chi connectivity index (χ0v) is 25.8. The van der Waals surface area contributed by atoms with Gasteiger partial charge in [0.05, 0.1) is 41.7 Å². The molecule has 0 unspecified atom stereocenters. The molecule has 3 aromatic carbocycles. The molecule has 11 heteroatoms. The maximum atomic E-state index is 14.1. The quantitative estimate of drug-likeness (QED) is 0.249. The molecular formula is C31H23BrClN3O5S. The smallest absolute Gasteiger partial charge is 0.338 e. The van der Waals surface area contributed by atoms with E-state index in [4.69, 9.17) is 25.8 Å². The fourth-order valence-electron chi connectivity index (χ4n) is 4.72. The second-order valence-electron chi connectivity index (χ2n) is 9.20. The van der Waals surface area contributed by atoms with Gasteiger partial charge in [-0.3, -0.25) is 9.36 Å². The SMILES string of the molecule is COC(=O)C1=C(C)N=c2s/c(=C\c3cc(Br)ccc3OCc3ccccc3C#N)c(=O)n2[C@H]1c1cc(Cl)ccc1OC. The standard InChI is InChI=1S/C31H23BrClN3O5S/c1-17-27(30(38)40-3)28(23-14-22(33)9-11-25(23)39-2)36-29(37)26(42-31(36)35-17)13-20-12-21(32)8-10-24(20)41-16-19-7-5-4-6-18(19)15-34/h4-14,28H,16H2,1-3H3/b26-13-/t28-/m0/s1. The van der Waals surface area contributed by atoms with Gasteiger partial charge >= 0.3 is 5.97 Å². The van der Waals surface area contributed by atoms with Crippen LogP contribution in [-0.2, 0) is 16.1 Å². The Balaban J connectivity index is 1.66. The summed E-state index contributed by atoms with van der Waals surface area (Å²) in [6.07, 6.45) is 1.73. The van der Waals surface area contributed by atoms with Crippen molar-refractivity contribution in [2.75, 3.05) is 14.2 Å². The number of fused-ring (bicyclic) bond motifs is 1. The highest BCUT2D eigenvalue weighted by Crippen LogP contribution is 2.37. The Kier molecular flexibility index (Phi) is 8.64. The number of ether oxygens (including phenoxy) is 3. The monoisotopic (exact) mass is 663 g/mol. The number of hydrogen-bond acceptors (Lipinski definition) is 8. The first kappa shape index (κ1) is 29.3. The van der Waals surface area contributed by atoms with Gasteiger partial charge < -0.3 is 14.2 Å². The third-order valence-electron chi connectivity index (χ3n) is 6.69. The van der Waals surface area contributed by atoms with Crippen molar-refractivity contribution in [3.05, 3.63) is 123 Å². The minimum Gasteiger partial charge on any atom is -0.496 e. The molecule has 2 heterocycles. The van der Waals surface area contributed by atoms with Crippen LogP contribution in [0.15, 0.2) is 86.2 Å². The van der Waals surface area contributed by atoms with Crippen LogP contribution in [0.25, 0.3) is 6.08 Å². The fraction of sp³-hybridized carbons (Fsp3) is 0.161. The highest BCUT2D eigenvalue weighted by molar-refractivity contribution is 9.10. The molecule has 0 amide bonds. The number of nitriles is 1. The van der Waals surface area contributed by atoms with Crippen molar-refractivity contribution in [3.8, 4) is 17.6 Å². The highest BCUT2D eigenvalue weighted by Gasteiger charge is 2.35. The van der Waals surface area contributed by atoms with E-state index in [0.717, 1.165) is 10.0 Å². The molecule has 4 aromatic rings. The summed E-state index contributed by atoms with van der Waals surface area (Å²) < 4.78 is 19.4. The zero-order chi connectivity index (χ0) is 30.0. The maximum absolute atomic E-state index is 14.1. The third kappa shape index (κ3) is 5.63. The minimum absolute atomic E-state index is 0.170. The number of carbonyl (C=O) groups excluding carboxylic acids is 1. The number of nitrogens with zero attached hydrogens (tertiary/aromatic N) is 3. The number of allylic oxidation sites excluding steroid dienone is 1. The predicted molar refractivity (Wildman–Crippen MR) is 163 cm³/mol. The molecule has 0 bridgehead atoms. The van der Waals surface area contributed by atoms with Gasteiger partial charge in [-0.25, -0.2) is 9.79 Å². The lowest BCUT2D eigenvalue weighted by atomic mass is 9.95. The molecule has 1 atom stereocenters. The number of esters is 1. The molecule has 42 heavy (non-hydrogen) atoms. The zero-order valence-electron chi connectivity index (χ0n) is 22.7. The van der Waals surface area contributed by atoms with Gasteiger partial charge in [-0.15, -0.1) is 0 Å². The lowest BCUT2D eigenvalue weighted by molar-refractivity contribution is -0.136. The Bertz CT molecular complexity index is 1980. The van der Waals surface area contributed by atoms with Crippen molar-refractivity contribution in [1.82, 2.24) is 4.57 Å². The van der Waals surface area contributed by atoms with E-state index in [1.807, 2.05) is 24.3 Å². The van der Waals surface area contributed by atoms with Gasteiger partial charge in [0, 0.05) is 26.2 Å². The number of hydrogen-bond donors (Lipinski definition) is 0. The van der Waals surface area contributed by atoms with Crippen LogP contribution in [0.2, 0.25) is 5.02 Å². The van der Waals surface area contributed by atoms with Crippen LogP contribution in [0.1, 0.15) is 35.2 Å². The summed E-state index contributed by atoms with van der Waals surface area (Å²) in [7, 11) is 2.79. The summed E-state index contributed by atoms with van der Waals surface area (Å²) in [5.41, 5.74) is 2.71. The summed E-state index contributed by atoms with van der Waals surface area (Å²) in [5.74, 6) is 0.365. The van der Waals surface area contributed by atoms with E-state index in [9.17, 15) is 14.9 Å². The molecule has 0 aliphatic carbocycles. The molecule has 212 valence electrons. The summed E-state index contributed by atoms with van der Waals surface area (Å²) in [6.45, 7) is 1.87. The molecule has 1 aliphatic rings. The van der Waals surface area contributed by atoms with E-state index < -0.39 is 12.0 Å². The normalized spacial score (nSPS) is 14.6. The average molecular weight is 665 g/mol. The van der Waals surface area contributed by atoms with E-state index >= 15 is 0 Å². The van der Waals surface area contributed by atoms with Gasteiger partial charge in [0.2, 0.25) is 0 Å². The Morgan fingerprint density at radius 1 is 1.17 bits per heavy atom. The number of halogens is 2. The maximum Gasteiger partial charge on any atom is 0.338 e. The number of benzene rings is 3. The van der Waals surface area contributed by atoms with Gasteiger partial charge in [0.25, 0.3) is 5.56 Å². The van der Waals surface area contributed by atoms with E-state index in [2.05, 4.69) is 27.0 Å². The Morgan fingerprint density at radius 3 is 2.67 bits per heavy atom. The van der Waals surface area contributed by atoms with Gasteiger partial charge in [0.15, 0.2) is 4.80 Å². The van der Waals surface area contributed by atoms with Crippen LogP contribution < -0.4 is 24.4 Å². The van der Waals surface area contributed by atoms with Crippen molar-refractivity contribution >= 4 is 50.9 Å². The first-order chi connectivity index (χ1) is 20.2. The molecule has 1 aliphatic heterocycles. The van der Waals surface area contributed by atoms with Crippen molar-refractivity contribution in [2.45, 2.75) is 19.6 Å². The number of carbonyl (C=O) groups is 1. The number of methoxy groups -OCH3 is 2. The summed E-state index contributed by atoms with van der Waals surface area (Å²) in [5, 5.41) is 9.86. The van der Waals surface area contributed by atoms with Crippen LogP contribution in [0.4, 0.5) is 0 Å². The largest absolute Gasteiger partial charge is 0.496 e. The summed E-state index contributed by atoms with van der Waals surface area (Å²) >= 11 is 11.0. The fourth-order valence-corrected chi connectivity index (χ4v) is 6.32. The van der Waals surface area contributed by atoms with E-state index in [0.29, 0.717) is 48.2 Å². The molecular weight excluding hydrogens is 642 g/mol. The van der Waals surface area contributed by atoms with Gasteiger partial charge in [-0.05, 0) is 55.5 Å². The second kappa shape index (κ2) is 12.4. The average Bonchev–Trinajstić information content (AvgIpc) is 3.29. The molecule has 0 saturated heterocycles. The van der Waals surface area contributed by atoms with Crippen LogP contribution in [0, 0.1) is 11.3 Å². The number of thiazole rings is 1. The molecule has 0 N–H and O–H groups in total. The van der Waals surface area contributed by atoms with Gasteiger partial charge in [-0.1, -0.05) is 57.1 Å². The number of aromatic nitrogens is 1. The van der Waals surface area contributed by atoms with Gasteiger partial charge in [0.1, 0.15) is 24.1 Å². The first-order valence-corrected chi connectivity index (χ1v) is 14.6. The summed E-state index contributed by atoms with van der Waals surface area (Å²) in [6, 6.07) is 19.0. The first-order valence-electron chi connectivity index (χ1n) is 12.6.